The van der Waals surface area contributed by atoms with Crippen LogP contribution in [0.25, 0.3) is 0 Å². The Bertz CT molecular complexity index is 959. The molecule has 0 saturated carbocycles. The first kappa shape index (κ1) is 39.8. The summed E-state index contributed by atoms with van der Waals surface area (Å²) < 4.78 is 5.36. The number of carbonyl (C=O) groups excluding carboxylic acids is 1. The van der Waals surface area contributed by atoms with E-state index in [9.17, 15) is 50.8 Å². The minimum atomic E-state index is -1.52. The molecule has 0 aliphatic carbocycles. The van der Waals surface area contributed by atoms with Crippen molar-refractivity contribution in [1.82, 2.24) is 0 Å². The van der Waals surface area contributed by atoms with Gasteiger partial charge >= 0.3 is 5.97 Å². The molecule has 0 amide bonds. The van der Waals surface area contributed by atoms with Crippen molar-refractivity contribution in [1.29, 1.82) is 0 Å². The van der Waals surface area contributed by atoms with E-state index in [0.717, 1.165) is 0 Å². The number of carbonyl (C=O) groups is 1. The smallest absolute Gasteiger partial charge is 0.314 e. The van der Waals surface area contributed by atoms with Gasteiger partial charge in [0.1, 0.15) is 18.1 Å². The molecule has 44 heavy (non-hydrogen) atoms. The fourth-order valence-electron chi connectivity index (χ4n) is 4.96. The second-order valence-corrected chi connectivity index (χ2v) is 11.7. The van der Waals surface area contributed by atoms with Crippen LogP contribution < -0.4 is 0 Å². The quantitative estimate of drug-likeness (QED) is 0.203. The van der Waals surface area contributed by atoms with Crippen LogP contribution in [-0.4, -0.2) is 113 Å². The minimum Gasteiger partial charge on any atom is -0.459 e. The minimum absolute atomic E-state index is 0.0165. The van der Waals surface area contributed by atoms with Crippen LogP contribution in [0.2, 0.25) is 0 Å². The van der Waals surface area contributed by atoms with Crippen LogP contribution in [0, 0.1) is 5.92 Å². The highest BCUT2D eigenvalue weighted by Crippen LogP contribution is 2.23. The summed E-state index contributed by atoms with van der Waals surface area (Å²) in [6, 6.07) is 0. The Balaban J connectivity index is 3.12. The van der Waals surface area contributed by atoms with Crippen LogP contribution >= 0.6 is 0 Å². The van der Waals surface area contributed by atoms with Crippen molar-refractivity contribution < 1.29 is 55.5 Å². The molecule has 1 heterocycles. The summed E-state index contributed by atoms with van der Waals surface area (Å²) in [5, 5.41) is 94.1. The molecule has 11 atom stereocenters. The van der Waals surface area contributed by atoms with Gasteiger partial charge in [0.2, 0.25) is 0 Å². The van der Waals surface area contributed by atoms with Gasteiger partial charge in [0, 0.05) is 12.8 Å². The van der Waals surface area contributed by atoms with Crippen molar-refractivity contribution in [3.05, 3.63) is 60.3 Å². The summed E-state index contributed by atoms with van der Waals surface area (Å²) in [7, 11) is 0. The lowest BCUT2D eigenvalue weighted by Crippen LogP contribution is -2.43. The highest BCUT2D eigenvalue weighted by Gasteiger charge is 2.37. The maximum absolute atomic E-state index is 13.0. The molecular weight excluding hydrogens is 572 g/mol. The molecule has 9 N–H and O–H groups in total. The highest BCUT2D eigenvalue weighted by atomic mass is 16.6. The summed E-state index contributed by atoms with van der Waals surface area (Å²) in [4.78, 5) is 13.0. The molecular formula is C33H54O11. The molecule has 0 radical (unpaired) electrons. The standard InChI is InChI=1S/C33H54O11/c1-4-12-29(40)32-31(42)20-27(38)18-25(36)16-23(34)15-24(35)17-26(37)19-30(41)21(2)13-10-8-6-5-7-9-11-14-28(39)22(3)44-33(32)43/h5-11,13-14,22-32,34-42H,4,12,15-20H2,1-3H3/b6-5-,9-7-,10-8-,14-11-,21-13-/t22-,23-,24+,25-,26+,27+,28-,29-,30+,31+,32+/m0/s1. The molecule has 0 saturated heterocycles. The van der Waals surface area contributed by atoms with E-state index >= 15 is 0 Å². The summed E-state index contributed by atoms with van der Waals surface area (Å²) in [5.41, 5.74) is 0.608. The van der Waals surface area contributed by atoms with E-state index in [1.54, 1.807) is 62.5 Å². The Morgan fingerprint density at radius 1 is 0.727 bits per heavy atom. The fraction of sp³-hybridized carbons (Fsp3) is 0.667. The van der Waals surface area contributed by atoms with Gasteiger partial charge in [0.05, 0.1) is 48.8 Å². The number of esters is 1. The normalized spacial score (nSPS) is 39.8. The van der Waals surface area contributed by atoms with Crippen LogP contribution in [0.15, 0.2) is 60.3 Å². The van der Waals surface area contributed by atoms with Gasteiger partial charge in [-0.3, -0.25) is 4.79 Å². The topological polar surface area (TPSA) is 208 Å². The zero-order chi connectivity index (χ0) is 33.2. The zero-order valence-electron chi connectivity index (χ0n) is 26.0. The van der Waals surface area contributed by atoms with E-state index < -0.39 is 72.9 Å². The Morgan fingerprint density at radius 2 is 1.18 bits per heavy atom. The second kappa shape index (κ2) is 21.5. The molecule has 0 fully saturated rings. The third kappa shape index (κ3) is 16.2. The van der Waals surface area contributed by atoms with Gasteiger partial charge in [0.15, 0.2) is 0 Å². The monoisotopic (exact) mass is 626 g/mol. The van der Waals surface area contributed by atoms with E-state index in [2.05, 4.69) is 0 Å². The predicted molar refractivity (Wildman–Crippen MR) is 166 cm³/mol. The third-order valence-corrected chi connectivity index (χ3v) is 7.51. The predicted octanol–water partition coefficient (Wildman–Crippen LogP) is 1.11. The van der Waals surface area contributed by atoms with Crippen molar-refractivity contribution in [3.63, 3.8) is 0 Å². The highest BCUT2D eigenvalue weighted by molar-refractivity contribution is 5.74. The summed E-state index contributed by atoms with van der Waals surface area (Å²) >= 11 is 0. The number of hydrogen-bond donors (Lipinski definition) is 9. The molecule has 1 aliphatic rings. The molecule has 0 unspecified atom stereocenters. The second-order valence-electron chi connectivity index (χ2n) is 11.7. The van der Waals surface area contributed by atoms with Crippen LogP contribution in [0.3, 0.4) is 0 Å². The first-order valence-corrected chi connectivity index (χ1v) is 15.4. The molecule has 0 bridgehead atoms. The van der Waals surface area contributed by atoms with Crippen LogP contribution in [-0.2, 0) is 9.53 Å². The number of cyclic esters (lactones) is 1. The average molecular weight is 627 g/mol. The van der Waals surface area contributed by atoms with Crippen molar-refractivity contribution in [2.24, 2.45) is 5.92 Å². The fourth-order valence-corrected chi connectivity index (χ4v) is 4.96. The average Bonchev–Trinajstić information content (AvgIpc) is 2.90. The van der Waals surface area contributed by atoms with E-state index in [1.807, 2.05) is 0 Å². The van der Waals surface area contributed by atoms with Gasteiger partial charge in [-0.1, -0.05) is 68.0 Å². The number of hydrogen-bond acceptors (Lipinski definition) is 11. The largest absolute Gasteiger partial charge is 0.459 e. The first-order chi connectivity index (χ1) is 20.7. The number of rotatable bonds is 3. The first-order valence-electron chi connectivity index (χ1n) is 15.4. The van der Waals surface area contributed by atoms with Crippen LogP contribution in [0.1, 0.15) is 72.1 Å². The van der Waals surface area contributed by atoms with Gasteiger partial charge < -0.3 is 50.7 Å². The molecule has 0 aromatic heterocycles. The van der Waals surface area contributed by atoms with Crippen LogP contribution in [0.4, 0.5) is 0 Å². The number of allylic oxidation sites excluding steroid dienone is 8. The Hall–Kier alpha value is -2.19. The van der Waals surface area contributed by atoms with Crippen molar-refractivity contribution in [2.45, 2.75) is 133 Å². The number of ether oxygens (including phenoxy) is 1. The lowest BCUT2D eigenvalue weighted by molar-refractivity contribution is -0.168. The Morgan fingerprint density at radius 3 is 1.70 bits per heavy atom. The van der Waals surface area contributed by atoms with E-state index in [0.29, 0.717) is 12.0 Å². The SMILES string of the molecule is CCC[C@H](O)[C@H]1C(=O)O[C@@H](C)[C@@H](O)\C=C/C=C\C=C/C=C\C=C(\C)[C@H](O)C[C@H](O)C[C@H](O)C[C@H](O)C[C@H](O)C[C@@H](O)C[C@H]1O. The zero-order valence-corrected chi connectivity index (χ0v) is 26.0. The third-order valence-electron chi connectivity index (χ3n) is 7.51. The molecule has 0 spiro atoms. The molecule has 0 aromatic carbocycles. The summed E-state index contributed by atoms with van der Waals surface area (Å²) in [6.45, 7) is 4.97. The number of aliphatic hydroxyl groups excluding tert-OH is 9. The van der Waals surface area contributed by atoms with E-state index in [4.69, 9.17) is 4.74 Å². The summed E-state index contributed by atoms with van der Waals surface area (Å²) in [5.74, 6) is -2.34. The Labute approximate surface area is 260 Å². The molecule has 0 aromatic rings. The molecule has 11 nitrogen and oxygen atoms in total. The molecule has 1 rings (SSSR count). The number of aliphatic hydroxyl groups is 9. The van der Waals surface area contributed by atoms with E-state index in [1.165, 1.54) is 13.0 Å². The van der Waals surface area contributed by atoms with Crippen molar-refractivity contribution in [2.75, 3.05) is 0 Å². The molecule has 1 aliphatic heterocycles. The lowest BCUT2D eigenvalue weighted by atomic mass is 9.88. The Kier molecular flexibility index (Phi) is 19.5. The van der Waals surface area contributed by atoms with Gasteiger partial charge in [-0.2, -0.15) is 0 Å². The molecule has 11 heteroatoms. The van der Waals surface area contributed by atoms with Crippen LogP contribution in [0.5, 0.6) is 0 Å². The van der Waals surface area contributed by atoms with Gasteiger partial charge in [-0.05, 0) is 51.5 Å². The molecule has 252 valence electrons. The van der Waals surface area contributed by atoms with Gasteiger partial charge in [-0.15, -0.1) is 0 Å². The van der Waals surface area contributed by atoms with Gasteiger partial charge in [0.25, 0.3) is 0 Å². The maximum atomic E-state index is 13.0. The van der Waals surface area contributed by atoms with Crippen molar-refractivity contribution >= 4 is 5.97 Å². The van der Waals surface area contributed by atoms with Gasteiger partial charge in [-0.25, -0.2) is 0 Å². The lowest BCUT2D eigenvalue weighted by Gasteiger charge is -2.29. The van der Waals surface area contributed by atoms with E-state index in [-0.39, 0.29) is 44.9 Å². The summed E-state index contributed by atoms with van der Waals surface area (Å²) in [6.07, 6.45) is 2.82. The maximum Gasteiger partial charge on any atom is 0.314 e. The van der Waals surface area contributed by atoms with Crippen molar-refractivity contribution in [3.8, 4) is 0 Å².